The van der Waals surface area contributed by atoms with Crippen molar-refractivity contribution in [1.82, 2.24) is 14.6 Å². The first-order valence-corrected chi connectivity index (χ1v) is 12.1. The van der Waals surface area contributed by atoms with Crippen LogP contribution in [0.15, 0.2) is 48.8 Å². The van der Waals surface area contributed by atoms with Gasteiger partial charge in [0, 0.05) is 16.6 Å². The lowest BCUT2D eigenvalue weighted by atomic mass is 10.1. The Morgan fingerprint density at radius 3 is 2.46 bits per heavy atom. The number of halogens is 6. The van der Waals surface area contributed by atoms with Crippen LogP contribution in [0.1, 0.15) is 24.1 Å². The highest BCUT2D eigenvalue weighted by molar-refractivity contribution is 9.09. The van der Waals surface area contributed by atoms with E-state index in [2.05, 4.69) is 31.3 Å². The van der Waals surface area contributed by atoms with Crippen LogP contribution < -0.4 is 16.4 Å². The van der Waals surface area contributed by atoms with Gasteiger partial charge in [-0.3, -0.25) is 0 Å². The smallest absolute Gasteiger partial charge is 0.382 e. The second-order valence-electron chi connectivity index (χ2n) is 8.07. The third kappa shape index (κ3) is 5.82. The lowest BCUT2D eigenvalue weighted by Gasteiger charge is -2.12. The number of unbranched alkanes of at least 4 members (excludes halogenated alkanes) is 1. The quantitative estimate of drug-likeness (QED) is 0.129. The lowest BCUT2D eigenvalue weighted by molar-refractivity contribution is -0.137. The minimum Gasteiger partial charge on any atom is -0.382 e. The van der Waals surface area contributed by atoms with Crippen LogP contribution in [0.5, 0.6) is 0 Å². The van der Waals surface area contributed by atoms with Gasteiger partial charge >= 0.3 is 12.2 Å². The summed E-state index contributed by atoms with van der Waals surface area (Å²) in [6, 6.07) is 6.30. The Hall–Kier alpha value is -3.74. The Bertz CT molecular complexity index is 1460. The number of nitrogens with zero attached hydrogens (tertiary/aromatic N) is 3. The molecule has 0 bridgehead atoms. The molecule has 2 amide bonds. The average molecular weight is 583 g/mol. The predicted molar refractivity (Wildman–Crippen MR) is 134 cm³/mol. The number of nitrogens with two attached hydrogens (primary N) is 1. The minimum absolute atomic E-state index is 0.210. The number of nitrogens with one attached hydrogen (secondary N) is 2. The Kier molecular flexibility index (Phi) is 7.62. The zero-order valence-corrected chi connectivity index (χ0v) is 20.6. The number of hydrogen-bond acceptors (Lipinski definition) is 4. The lowest BCUT2D eigenvalue weighted by Crippen LogP contribution is -2.21. The molecule has 0 spiro atoms. The Morgan fingerprint density at radius 2 is 1.76 bits per heavy atom. The molecule has 0 fully saturated rings. The second kappa shape index (κ2) is 10.7. The Balaban J connectivity index is 1.57. The fourth-order valence-electron chi connectivity index (χ4n) is 3.79. The van der Waals surface area contributed by atoms with Gasteiger partial charge in [-0.25, -0.2) is 23.1 Å². The molecular formula is C24H20BrF5N6O. The zero-order chi connectivity index (χ0) is 26.7. The molecule has 0 saturated carbocycles. The van der Waals surface area contributed by atoms with Crippen molar-refractivity contribution in [2.24, 2.45) is 0 Å². The molecule has 4 aromatic rings. The summed E-state index contributed by atoms with van der Waals surface area (Å²) in [6.07, 6.45) is -0.852. The molecule has 0 radical (unpaired) electrons. The van der Waals surface area contributed by atoms with Gasteiger partial charge in [0.05, 0.1) is 16.9 Å². The molecule has 13 heteroatoms. The summed E-state index contributed by atoms with van der Waals surface area (Å²) in [7, 11) is 0. The molecule has 2 aromatic carbocycles. The summed E-state index contributed by atoms with van der Waals surface area (Å²) < 4.78 is 69.2. The maximum absolute atomic E-state index is 15.0. The molecular weight excluding hydrogens is 563 g/mol. The van der Waals surface area contributed by atoms with Gasteiger partial charge in [0.2, 0.25) is 0 Å². The van der Waals surface area contributed by atoms with Crippen molar-refractivity contribution in [3.05, 3.63) is 71.7 Å². The molecule has 0 aliphatic heterocycles. The van der Waals surface area contributed by atoms with Gasteiger partial charge in [0.1, 0.15) is 23.5 Å². The molecule has 4 rings (SSSR count). The van der Waals surface area contributed by atoms with Gasteiger partial charge < -0.3 is 16.4 Å². The summed E-state index contributed by atoms with van der Waals surface area (Å²) in [5, 5.41) is 9.27. The minimum atomic E-state index is -4.73. The fraction of sp³-hybridized carbons (Fsp3) is 0.208. The van der Waals surface area contributed by atoms with E-state index in [0.717, 1.165) is 23.9 Å². The fourth-order valence-corrected chi connectivity index (χ4v) is 4.19. The van der Waals surface area contributed by atoms with Crippen LogP contribution in [0.4, 0.5) is 43.9 Å². The van der Waals surface area contributed by atoms with Crippen LogP contribution in [-0.4, -0.2) is 26.0 Å². The Labute approximate surface area is 216 Å². The monoisotopic (exact) mass is 582 g/mol. The third-order valence-electron chi connectivity index (χ3n) is 5.54. The molecule has 4 N–H and O–H groups in total. The highest BCUT2D eigenvalue weighted by atomic mass is 79.9. The predicted octanol–water partition coefficient (Wildman–Crippen LogP) is 6.64. The van der Waals surface area contributed by atoms with E-state index in [-0.39, 0.29) is 11.5 Å². The number of aromatic nitrogens is 3. The molecule has 7 nitrogen and oxygen atoms in total. The number of amides is 2. The van der Waals surface area contributed by atoms with Crippen molar-refractivity contribution in [3.63, 3.8) is 0 Å². The number of alkyl halides is 4. The summed E-state index contributed by atoms with van der Waals surface area (Å²) in [4.78, 5) is 16.3. The van der Waals surface area contributed by atoms with E-state index in [1.165, 1.54) is 24.5 Å². The number of aryl methyl sites for hydroxylation is 1. The van der Waals surface area contributed by atoms with E-state index in [9.17, 15) is 26.7 Å². The summed E-state index contributed by atoms with van der Waals surface area (Å²) in [5.41, 5.74) is 6.38. The largest absolute Gasteiger partial charge is 0.416 e. The van der Waals surface area contributed by atoms with E-state index in [1.807, 2.05) is 11.4 Å². The number of rotatable bonds is 7. The molecule has 0 unspecified atom stereocenters. The molecule has 37 heavy (non-hydrogen) atoms. The van der Waals surface area contributed by atoms with Crippen LogP contribution in [0.2, 0.25) is 0 Å². The normalized spacial score (nSPS) is 11.6. The van der Waals surface area contributed by atoms with Gasteiger partial charge in [-0.2, -0.15) is 18.3 Å². The van der Waals surface area contributed by atoms with E-state index < -0.39 is 35.1 Å². The third-order valence-corrected chi connectivity index (χ3v) is 6.10. The number of fused-ring (bicyclic) bond motifs is 1. The van der Waals surface area contributed by atoms with Crippen molar-refractivity contribution in [2.45, 2.75) is 25.4 Å². The molecule has 0 aliphatic rings. The van der Waals surface area contributed by atoms with E-state index in [4.69, 9.17) is 5.73 Å². The second-order valence-corrected chi connectivity index (χ2v) is 8.86. The van der Waals surface area contributed by atoms with Crippen molar-refractivity contribution >= 4 is 44.7 Å². The molecule has 0 atom stereocenters. The first-order valence-electron chi connectivity index (χ1n) is 11.0. The molecule has 194 valence electrons. The number of benzene rings is 2. The van der Waals surface area contributed by atoms with E-state index in [1.54, 1.807) is 4.52 Å². The average Bonchev–Trinajstić information content (AvgIpc) is 3.21. The van der Waals surface area contributed by atoms with Gasteiger partial charge in [-0.15, -0.1) is 0 Å². The number of carbonyl (C=O) groups is 1. The molecule has 2 heterocycles. The first-order chi connectivity index (χ1) is 17.6. The van der Waals surface area contributed by atoms with E-state index >= 15 is 0 Å². The maximum Gasteiger partial charge on any atom is 0.416 e. The number of anilines is 3. The van der Waals surface area contributed by atoms with Gasteiger partial charge in [0.25, 0.3) is 0 Å². The van der Waals surface area contributed by atoms with Gasteiger partial charge in [-0.05, 0) is 61.2 Å². The molecule has 0 saturated heterocycles. The summed E-state index contributed by atoms with van der Waals surface area (Å²) in [5.74, 6) is -1.69. The van der Waals surface area contributed by atoms with Crippen LogP contribution in [0.3, 0.4) is 0 Å². The zero-order valence-electron chi connectivity index (χ0n) is 19.0. The van der Waals surface area contributed by atoms with Crippen LogP contribution >= 0.6 is 15.9 Å². The van der Waals surface area contributed by atoms with Crippen LogP contribution in [0, 0.1) is 11.6 Å². The first kappa shape index (κ1) is 26.3. The van der Waals surface area contributed by atoms with Crippen molar-refractivity contribution in [1.29, 1.82) is 0 Å². The standard InChI is InChI=1S/C24H20BrF5N6O/c25-8-2-1-3-15-11-16(21-22(31)32-12-33-36(15)21)13-4-7-19(18(27)9-13)34-23(37)35-20-10-14(24(28,29)30)5-6-17(20)26/h4-7,9-12H,1-3,8H2,(H2,31,32,33)(H2,34,35,37). The maximum atomic E-state index is 15.0. The number of nitrogen functional groups attached to an aromatic ring is 1. The van der Waals surface area contributed by atoms with Gasteiger partial charge in [0.15, 0.2) is 5.82 Å². The topological polar surface area (TPSA) is 97.3 Å². The van der Waals surface area contributed by atoms with Crippen molar-refractivity contribution in [2.75, 3.05) is 21.7 Å². The summed E-state index contributed by atoms with van der Waals surface area (Å²) >= 11 is 3.40. The van der Waals surface area contributed by atoms with E-state index in [0.29, 0.717) is 41.3 Å². The number of hydrogen-bond donors (Lipinski definition) is 3. The number of urea groups is 1. The summed E-state index contributed by atoms with van der Waals surface area (Å²) in [6.45, 7) is 0. The highest BCUT2D eigenvalue weighted by Gasteiger charge is 2.31. The molecule has 2 aromatic heterocycles. The van der Waals surface area contributed by atoms with Crippen LogP contribution in [-0.2, 0) is 12.6 Å². The van der Waals surface area contributed by atoms with Crippen LogP contribution in [0.25, 0.3) is 16.6 Å². The molecule has 0 aliphatic carbocycles. The Morgan fingerprint density at radius 1 is 1.00 bits per heavy atom. The van der Waals surface area contributed by atoms with Gasteiger partial charge in [-0.1, -0.05) is 22.0 Å². The van der Waals surface area contributed by atoms with Crippen molar-refractivity contribution < 1.29 is 26.7 Å². The SMILES string of the molecule is Nc1ncnn2c(CCCCBr)cc(-c3ccc(NC(=O)Nc4cc(C(F)(F)F)ccc4F)c(F)c3)c12. The highest BCUT2D eigenvalue weighted by Crippen LogP contribution is 2.34. The number of carbonyl (C=O) groups excluding carboxylic acids is 1. The van der Waals surface area contributed by atoms with Crippen molar-refractivity contribution in [3.8, 4) is 11.1 Å².